The monoisotopic (exact) mass is 319 g/mol. The molecule has 0 spiro atoms. The quantitative estimate of drug-likeness (QED) is 0.920. The van der Waals surface area contributed by atoms with Crippen LogP contribution in [0, 0.1) is 11.3 Å². The van der Waals surface area contributed by atoms with Crippen molar-refractivity contribution >= 4 is 17.3 Å². The van der Waals surface area contributed by atoms with Crippen LogP contribution in [0.1, 0.15) is 43.9 Å². The van der Waals surface area contributed by atoms with Crippen LogP contribution in [0.5, 0.6) is 0 Å². The molecule has 0 aliphatic carbocycles. The normalized spacial score (nSPS) is 19.3. The molecule has 4 heteroatoms. The fourth-order valence-corrected chi connectivity index (χ4v) is 3.34. The maximum atomic E-state index is 12.4. The molecule has 4 nitrogen and oxygen atoms in total. The Morgan fingerprint density at radius 1 is 1.25 bits per heavy atom. The van der Waals surface area contributed by atoms with E-state index in [1.807, 2.05) is 54.3 Å². The van der Waals surface area contributed by atoms with E-state index in [0.717, 1.165) is 23.4 Å². The van der Waals surface area contributed by atoms with Gasteiger partial charge < -0.3 is 10.2 Å². The van der Waals surface area contributed by atoms with E-state index in [1.54, 1.807) is 0 Å². The Balaban J connectivity index is 1.91. The lowest BCUT2D eigenvalue weighted by atomic mass is 9.91. The maximum Gasteiger partial charge on any atom is 0.226 e. The summed E-state index contributed by atoms with van der Waals surface area (Å²) >= 11 is 0. The molecule has 0 fully saturated rings. The van der Waals surface area contributed by atoms with Crippen molar-refractivity contribution in [1.82, 2.24) is 0 Å². The second-order valence-corrected chi connectivity index (χ2v) is 6.15. The van der Waals surface area contributed by atoms with E-state index in [0.29, 0.717) is 12.0 Å². The molecule has 1 aliphatic rings. The van der Waals surface area contributed by atoms with Crippen LogP contribution in [-0.4, -0.2) is 11.9 Å². The van der Waals surface area contributed by atoms with Gasteiger partial charge in [-0.2, -0.15) is 5.26 Å². The van der Waals surface area contributed by atoms with Crippen LogP contribution in [0.4, 0.5) is 11.4 Å². The highest BCUT2D eigenvalue weighted by Crippen LogP contribution is 2.39. The lowest BCUT2D eigenvalue weighted by Gasteiger charge is -2.40. The van der Waals surface area contributed by atoms with Gasteiger partial charge in [-0.3, -0.25) is 4.79 Å². The molecule has 122 valence electrons. The van der Waals surface area contributed by atoms with Crippen molar-refractivity contribution in [2.24, 2.45) is 0 Å². The number of hydrogen-bond donors (Lipinski definition) is 1. The summed E-state index contributed by atoms with van der Waals surface area (Å²) in [6.07, 6.45) is 1.36. The van der Waals surface area contributed by atoms with Gasteiger partial charge in [-0.15, -0.1) is 0 Å². The highest BCUT2D eigenvalue weighted by atomic mass is 16.2. The largest absolute Gasteiger partial charge is 0.378 e. The lowest BCUT2D eigenvalue weighted by molar-refractivity contribution is -0.118. The standard InChI is InChI=1S/C20H21N3O/c1-3-20(24)23-14(2)12-18(17-6-4-5-7-19(17)23)22-16-10-8-15(13-21)9-11-16/h4-11,14,18,22H,3,12H2,1-2H3/t14-,18?/m1/s1. The van der Waals surface area contributed by atoms with Gasteiger partial charge in [0.25, 0.3) is 0 Å². The molecule has 0 saturated heterocycles. The van der Waals surface area contributed by atoms with Crippen LogP contribution in [0.3, 0.4) is 0 Å². The van der Waals surface area contributed by atoms with E-state index in [1.165, 1.54) is 0 Å². The molecule has 0 radical (unpaired) electrons. The third kappa shape index (κ3) is 2.98. The predicted molar refractivity (Wildman–Crippen MR) is 95.8 cm³/mol. The first kappa shape index (κ1) is 16.1. The number of fused-ring (bicyclic) bond motifs is 1. The van der Waals surface area contributed by atoms with Crippen molar-refractivity contribution < 1.29 is 4.79 Å². The SMILES string of the molecule is CCC(=O)N1c2ccccc2C(Nc2ccc(C#N)cc2)C[C@H]1C. The number of nitriles is 1. The maximum absolute atomic E-state index is 12.4. The zero-order valence-electron chi connectivity index (χ0n) is 14.0. The van der Waals surface area contributed by atoms with Crippen LogP contribution >= 0.6 is 0 Å². The van der Waals surface area contributed by atoms with Crippen molar-refractivity contribution in [1.29, 1.82) is 5.26 Å². The molecule has 2 atom stereocenters. The van der Waals surface area contributed by atoms with Gasteiger partial charge in [-0.1, -0.05) is 25.1 Å². The van der Waals surface area contributed by atoms with Gasteiger partial charge in [0, 0.05) is 23.8 Å². The fourth-order valence-electron chi connectivity index (χ4n) is 3.34. The number of carbonyl (C=O) groups excluding carboxylic acids is 1. The molecule has 2 aromatic rings. The summed E-state index contributed by atoms with van der Waals surface area (Å²) in [6, 6.07) is 18.0. The summed E-state index contributed by atoms with van der Waals surface area (Å²) in [6.45, 7) is 4.00. The summed E-state index contributed by atoms with van der Waals surface area (Å²) < 4.78 is 0. The van der Waals surface area contributed by atoms with Gasteiger partial charge in [-0.25, -0.2) is 0 Å². The molecular weight excluding hydrogens is 298 g/mol. The third-order valence-electron chi connectivity index (χ3n) is 4.52. The van der Waals surface area contributed by atoms with E-state index >= 15 is 0 Å². The Labute approximate surface area is 142 Å². The smallest absolute Gasteiger partial charge is 0.226 e. The van der Waals surface area contributed by atoms with Crippen molar-refractivity contribution in [3.05, 3.63) is 59.7 Å². The summed E-state index contributed by atoms with van der Waals surface area (Å²) in [4.78, 5) is 14.3. The zero-order valence-corrected chi connectivity index (χ0v) is 14.0. The number of anilines is 2. The van der Waals surface area contributed by atoms with Gasteiger partial charge in [0.15, 0.2) is 0 Å². The number of nitrogens with one attached hydrogen (secondary N) is 1. The Hall–Kier alpha value is -2.80. The zero-order chi connectivity index (χ0) is 17.1. The van der Waals surface area contributed by atoms with Crippen molar-refractivity contribution in [3.8, 4) is 6.07 Å². The molecule has 1 amide bonds. The minimum Gasteiger partial charge on any atom is -0.378 e. The average Bonchev–Trinajstić information content (AvgIpc) is 2.62. The minimum atomic E-state index is 0.142. The number of nitrogens with zero attached hydrogens (tertiary/aromatic N) is 2. The number of hydrogen-bond acceptors (Lipinski definition) is 3. The van der Waals surface area contributed by atoms with Crippen molar-refractivity contribution in [2.75, 3.05) is 10.2 Å². The summed E-state index contributed by atoms with van der Waals surface area (Å²) in [5, 5.41) is 12.5. The first-order chi connectivity index (χ1) is 11.6. The topological polar surface area (TPSA) is 56.1 Å². The van der Waals surface area contributed by atoms with Crippen LogP contribution in [0.2, 0.25) is 0 Å². The molecule has 24 heavy (non-hydrogen) atoms. The van der Waals surface area contributed by atoms with E-state index < -0.39 is 0 Å². The average molecular weight is 319 g/mol. The first-order valence-corrected chi connectivity index (χ1v) is 8.31. The summed E-state index contributed by atoms with van der Waals surface area (Å²) in [5.41, 5.74) is 3.77. The molecule has 0 saturated carbocycles. The highest BCUT2D eigenvalue weighted by molar-refractivity contribution is 5.95. The minimum absolute atomic E-state index is 0.142. The van der Waals surface area contributed by atoms with Gasteiger partial charge in [-0.05, 0) is 49.2 Å². The molecule has 1 aliphatic heterocycles. The van der Waals surface area contributed by atoms with Crippen molar-refractivity contribution in [3.63, 3.8) is 0 Å². The molecule has 1 N–H and O–H groups in total. The predicted octanol–water partition coefficient (Wildman–Crippen LogP) is 4.25. The van der Waals surface area contributed by atoms with Gasteiger partial charge in [0.1, 0.15) is 0 Å². The number of amides is 1. The highest BCUT2D eigenvalue weighted by Gasteiger charge is 2.32. The molecule has 2 aromatic carbocycles. The van der Waals surface area contributed by atoms with Crippen molar-refractivity contribution in [2.45, 2.75) is 38.8 Å². The third-order valence-corrected chi connectivity index (χ3v) is 4.52. The molecular formula is C20H21N3O. The Bertz CT molecular complexity index is 776. The Morgan fingerprint density at radius 3 is 2.62 bits per heavy atom. The van der Waals surface area contributed by atoms with E-state index in [-0.39, 0.29) is 18.0 Å². The van der Waals surface area contributed by atoms with Crippen LogP contribution in [0.25, 0.3) is 0 Å². The first-order valence-electron chi connectivity index (χ1n) is 8.31. The van der Waals surface area contributed by atoms with Crippen LogP contribution in [-0.2, 0) is 4.79 Å². The van der Waals surface area contributed by atoms with E-state index in [4.69, 9.17) is 5.26 Å². The Morgan fingerprint density at radius 2 is 1.96 bits per heavy atom. The Kier molecular flexibility index (Phi) is 4.52. The van der Waals surface area contributed by atoms with E-state index in [2.05, 4.69) is 24.4 Å². The lowest BCUT2D eigenvalue weighted by Crippen LogP contribution is -2.44. The van der Waals surface area contributed by atoms with Gasteiger partial charge in [0.05, 0.1) is 17.7 Å². The molecule has 1 unspecified atom stereocenters. The van der Waals surface area contributed by atoms with Gasteiger partial charge in [0.2, 0.25) is 5.91 Å². The second kappa shape index (κ2) is 6.76. The number of benzene rings is 2. The molecule has 0 bridgehead atoms. The molecule has 3 rings (SSSR count). The van der Waals surface area contributed by atoms with E-state index in [9.17, 15) is 4.79 Å². The number of rotatable bonds is 3. The summed E-state index contributed by atoms with van der Waals surface area (Å²) in [7, 11) is 0. The second-order valence-electron chi connectivity index (χ2n) is 6.15. The summed E-state index contributed by atoms with van der Waals surface area (Å²) in [5.74, 6) is 0.159. The number of carbonyl (C=O) groups is 1. The van der Waals surface area contributed by atoms with Gasteiger partial charge >= 0.3 is 0 Å². The molecule has 0 aromatic heterocycles. The molecule has 1 heterocycles. The number of para-hydroxylation sites is 1. The fraction of sp³-hybridized carbons (Fsp3) is 0.300. The van der Waals surface area contributed by atoms with Crippen LogP contribution in [0.15, 0.2) is 48.5 Å². The van der Waals surface area contributed by atoms with Crippen LogP contribution < -0.4 is 10.2 Å².